The normalized spacial score (nSPS) is 28.3. The molecule has 1 N–H and O–H groups in total. The van der Waals surface area contributed by atoms with E-state index in [2.05, 4.69) is 44.8 Å². The molecule has 2 atom stereocenters. The Hall–Kier alpha value is -1.56. The maximum absolute atomic E-state index is 5.33. The average Bonchev–Trinajstić information content (AvgIpc) is 3.01. The van der Waals surface area contributed by atoms with Crippen LogP contribution in [0.15, 0.2) is 23.7 Å². The van der Waals surface area contributed by atoms with E-state index in [1.54, 1.807) is 0 Å². The summed E-state index contributed by atoms with van der Waals surface area (Å²) in [5.41, 5.74) is 0.253. The Labute approximate surface area is 132 Å². The third-order valence-corrected chi connectivity index (χ3v) is 4.91. The molecule has 6 nitrogen and oxygen atoms in total. The highest BCUT2D eigenvalue weighted by Crippen LogP contribution is 2.28. The highest BCUT2D eigenvalue weighted by atomic mass is 16.5. The molecule has 2 unspecified atom stereocenters. The molecule has 0 spiro atoms. The number of nitrogens with zero attached hydrogens (tertiary/aromatic N) is 4. The van der Waals surface area contributed by atoms with Gasteiger partial charge in [-0.3, -0.25) is 4.99 Å². The zero-order chi connectivity index (χ0) is 15.6. The minimum absolute atomic E-state index is 0.253. The number of aliphatic imine (C=N–C) groups is 1. The molecule has 0 radical (unpaired) electrons. The minimum Gasteiger partial charge on any atom is -0.380 e. The number of hydrogen-bond donors (Lipinski definition) is 1. The third kappa shape index (κ3) is 3.11. The van der Waals surface area contributed by atoms with E-state index < -0.39 is 0 Å². The Morgan fingerprint density at radius 2 is 2.32 bits per heavy atom. The molecule has 122 valence electrons. The van der Waals surface area contributed by atoms with Gasteiger partial charge in [0.25, 0.3) is 0 Å². The molecule has 6 heteroatoms. The van der Waals surface area contributed by atoms with Crippen LogP contribution in [0.5, 0.6) is 0 Å². The number of hydrogen-bond acceptors (Lipinski definition) is 3. The molecule has 22 heavy (non-hydrogen) atoms. The summed E-state index contributed by atoms with van der Waals surface area (Å²) in [6.45, 7) is 9.21. The predicted molar refractivity (Wildman–Crippen MR) is 86.9 cm³/mol. The van der Waals surface area contributed by atoms with Crippen molar-refractivity contribution in [2.75, 3.05) is 39.9 Å². The van der Waals surface area contributed by atoms with Crippen molar-refractivity contribution < 1.29 is 4.74 Å². The Bertz CT molecular complexity index is 509. The second-order valence-corrected chi connectivity index (χ2v) is 6.99. The van der Waals surface area contributed by atoms with Crippen LogP contribution in [0.4, 0.5) is 0 Å². The molecule has 3 rings (SSSR count). The van der Waals surface area contributed by atoms with E-state index in [1.165, 1.54) is 6.42 Å². The van der Waals surface area contributed by atoms with Gasteiger partial charge in [-0.05, 0) is 12.3 Å². The number of guanidine groups is 1. The van der Waals surface area contributed by atoms with Gasteiger partial charge in [0.2, 0.25) is 0 Å². The molecule has 2 aliphatic heterocycles. The molecule has 0 aromatic carbocycles. The number of nitrogens with one attached hydrogen (secondary N) is 1. The summed E-state index contributed by atoms with van der Waals surface area (Å²) in [4.78, 5) is 11.0. The second kappa shape index (κ2) is 6.28. The van der Waals surface area contributed by atoms with Gasteiger partial charge >= 0.3 is 0 Å². The van der Waals surface area contributed by atoms with E-state index >= 15 is 0 Å². The molecule has 0 amide bonds. The molecule has 2 saturated heterocycles. The van der Waals surface area contributed by atoms with E-state index in [4.69, 9.17) is 4.74 Å². The first-order chi connectivity index (χ1) is 10.6. The van der Waals surface area contributed by atoms with Crippen molar-refractivity contribution in [2.45, 2.75) is 26.3 Å². The zero-order valence-corrected chi connectivity index (χ0v) is 13.8. The molecule has 3 heterocycles. The Kier molecular flexibility index (Phi) is 4.38. The van der Waals surface area contributed by atoms with Gasteiger partial charge in [0.15, 0.2) is 5.96 Å². The van der Waals surface area contributed by atoms with Crippen LogP contribution in [0.25, 0.3) is 0 Å². The lowest BCUT2D eigenvalue weighted by molar-refractivity contribution is -0.0973. The van der Waals surface area contributed by atoms with Crippen molar-refractivity contribution in [1.29, 1.82) is 0 Å². The highest BCUT2D eigenvalue weighted by molar-refractivity contribution is 5.80. The minimum atomic E-state index is 0.253. The summed E-state index contributed by atoms with van der Waals surface area (Å²) in [5.74, 6) is 1.66. The van der Waals surface area contributed by atoms with E-state index in [1.807, 2.05) is 19.6 Å². The Balaban J connectivity index is 1.62. The largest absolute Gasteiger partial charge is 0.380 e. The molecule has 0 saturated carbocycles. The average molecular weight is 305 g/mol. The van der Waals surface area contributed by atoms with Crippen LogP contribution in [0, 0.1) is 11.3 Å². The standard InChI is InChI=1S/C16H27N5O/c1-13-4-6-20(8-14(13)21-7-5-18-12-21)15(17-3)19-9-16(2)10-22-11-16/h5,7,12-14H,4,6,8-11H2,1-3H3,(H,17,19). The monoisotopic (exact) mass is 305 g/mol. The zero-order valence-electron chi connectivity index (χ0n) is 13.8. The Morgan fingerprint density at radius 3 is 2.91 bits per heavy atom. The number of aromatic nitrogens is 2. The van der Waals surface area contributed by atoms with E-state index in [0.717, 1.165) is 38.8 Å². The molecule has 2 fully saturated rings. The maximum Gasteiger partial charge on any atom is 0.193 e. The van der Waals surface area contributed by atoms with Crippen molar-refractivity contribution in [1.82, 2.24) is 19.8 Å². The number of imidazole rings is 1. The van der Waals surface area contributed by atoms with Crippen LogP contribution in [0.2, 0.25) is 0 Å². The van der Waals surface area contributed by atoms with Crippen LogP contribution < -0.4 is 5.32 Å². The third-order valence-electron chi connectivity index (χ3n) is 4.91. The van der Waals surface area contributed by atoms with Crippen molar-refractivity contribution in [3.8, 4) is 0 Å². The summed E-state index contributed by atoms with van der Waals surface area (Å²) in [6.07, 6.45) is 7.02. The lowest BCUT2D eigenvalue weighted by Gasteiger charge is -2.42. The molecule has 2 aliphatic rings. The molecular weight excluding hydrogens is 278 g/mol. The van der Waals surface area contributed by atoms with E-state index in [9.17, 15) is 0 Å². The predicted octanol–water partition coefficient (Wildman–Crippen LogP) is 1.38. The van der Waals surface area contributed by atoms with Gasteiger partial charge in [0.05, 0.1) is 25.6 Å². The van der Waals surface area contributed by atoms with Gasteiger partial charge in [0.1, 0.15) is 0 Å². The number of ether oxygens (including phenoxy) is 1. The summed E-state index contributed by atoms with van der Waals surface area (Å²) in [6, 6.07) is 0.456. The van der Waals surface area contributed by atoms with Crippen LogP contribution in [0.3, 0.4) is 0 Å². The summed E-state index contributed by atoms with van der Waals surface area (Å²) >= 11 is 0. The molecule has 1 aromatic heterocycles. The Morgan fingerprint density at radius 1 is 1.50 bits per heavy atom. The smallest absolute Gasteiger partial charge is 0.193 e. The highest BCUT2D eigenvalue weighted by Gasteiger charge is 2.34. The molecule has 0 aliphatic carbocycles. The van der Waals surface area contributed by atoms with Crippen LogP contribution in [-0.4, -0.2) is 60.3 Å². The lowest BCUT2D eigenvalue weighted by Crippen LogP contribution is -2.54. The van der Waals surface area contributed by atoms with Crippen molar-refractivity contribution in [3.63, 3.8) is 0 Å². The van der Waals surface area contributed by atoms with Crippen molar-refractivity contribution in [2.24, 2.45) is 16.3 Å². The summed E-state index contributed by atoms with van der Waals surface area (Å²) in [5, 5.41) is 3.53. The van der Waals surface area contributed by atoms with E-state index in [-0.39, 0.29) is 5.41 Å². The van der Waals surface area contributed by atoms with E-state index in [0.29, 0.717) is 12.0 Å². The van der Waals surface area contributed by atoms with Gasteiger partial charge in [-0.15, -0.1) is 0 Å². The van der Waals surface area contributed by atoms with Crippen LogP contribution in [-0.2, 0) is 4.74 Å². The summed E-state index contributed by atoms with van der Waals surface area (Å²) < 4.78 is 7.55. The lowest BCUT2D eigenvalue weighted by atomic mass is 9.89. The second-order valence-electron chi connectivity index (χ2n) is 6.99. The quantitative estimate of drug-likeness (QED) is 0.677. The van der Waals surface area contributed by atoms with Gasteiger partial charge in [-0.25, -0.2) is 4.98 Å². The molecule has 1 aromatic rings. The fraction of sp³-hybridized carbons (Fsp3) is 0.750. The fourth-order valence-corrected chi connectivity index (χ4v) is 3.27. The van der Waals surface area contributed by atoms with Crippen LogP contribution in [0.1, 0.15) is 26.3 Å². The van der Waals surface area contributed by atoms with Gasteiger partial charge in [-0.2, -0.15) is 0 Å². The maximum atomic E-state index is 5.33. The van der Waals surface area contributed by atoms with Crippen molar-refractivity contribution >= 4 is 5.96 Å². The number of piperidine rings is 1. The number of rotatable bonds is 3. The molecular formula is C16H27N5O. The topological polar surface area (TPSA) is 54.7 Å². The number of likely N-dealkylation sites (tertiary alicyclic amines) is 1. The fourth-order valence-electron chi connectivity index (χ4n) is 3.27. The first kappa shape index (κ1) is 15.3. The van der Waals surface area contributed by atoms with Crippen molar-refractivity contribution in [3.05, 3.63) is 18.7 Å². The molecule has 0 bridgehead atoms. The first-order valence-electron chi connectivity index (χ1n) is 8.12. The van der Waals surface area contributed by atoms with Gasteiger partial charge in [-0.1, -0.05) is 13.8 Å². The summed E-state index contributed by atoms with van der Waals surface area (Å²) in [7, 11) is 1.87. The first-order valence-corrected chi connectivity index (χ1v) is 8.12. The van der Waals surface area contributed by atoms with Crippen LogP contribution >= 0.6 is 0 Å². The van der Waals surface area contributed by atoms with Gasteiger partial charge in [0, 0.05) is 44.5 Å². The SMILES string of the molecule is CN=C(NCC1(C)COC1)N1CCC(C)C(n2ccnc2)C1. The van der Waals surface area contributed by atoms with Gasteiger partial charge < -0.3 is 19.5 Å².